The highest BCUT2D eigenvalue weighted by Gasteiger charge is 2.49. The maximum atomic E-state index is 10.9. The van der Waals surface area contributed by atoms with Crippen LogP contribution in [-0.4, -0.2) is 34.4 Å². The van der Waals surface area contributed by atoms with Gasteiger partial charge >= 0.3 is 11.9 Å². The fraction of sp³-hybridized carbons (Fsp3) is 0.875. The van der Waals surface area contributed by atoms with Crippen LogP contribution in [0.1, 0.15) is 25.7 Å². The zero-order valence-electron chi connectivity index (χ0n) is 7.10. The minimum absolute atomic E-state index is 0.298. The summed E-state index contributed by atoms with van der Waals surface area (Å²) in [5, 5.41) is 18.1. The molecule has 1 aliphatic carbocycles. The number of hydrogen-bond acceptors (Lipinski definition) is 5. The third-order valence-corrected chi connectivity index (χ3v) is 2.48. The van der Waals surface area contributed by atoms with Crippen LogP contribution in [-0.2, 0) is 14.3 Å². The maximum Gasteiger partial charge on any atom is 0.398 e. The lowest BCUT2D eigenvalue weighted by atomic mass is 9.94. The van der Waals surface area contributed by atoms with Crippen molar-refractivity contribution in [1.82, 2.24) is 0 Å². The summed E-state index contributed by atoms with van der Waals surface area (Å²) in [6, 6.07) is 0. The molecule has 2 aliphatic rings. The predicted molar refractivity (Wildman–Crippen MR) is 40.4 cm³/mol. The van der Waals surface area contributed by atoms with Crippen molar-refractivity contribution in [2.45, 2.75) is 43.9 Å². The summed E-state index contributed by atoms with van der Waals surface area (Å²) in [6.45, 7) is 0. The van der Waals surface area contributed by atoms with E-state index in [0.717, 1.165) is 19.3 Å². The molecule has 0 aromatic carbocycles. The van der Waals surface area contributed by atoms with Crippen molar-refractivity contribution >= 4 is 5.97 Å². The standard InChI is InChI=1S/C8H12O5/c9-7-8(10,11)13-6-4-2-1-3-5(6)12-7/h5-6,10-11H,1-4H2/t5-,6-/m0/s1. The topological polar surface area (TPSA) is 76.0 Å². The number of rotatable bonds is 0. The lowest BCUT2D eigenvalue weighted by molar-refractivity contribution is -0.374. The summed E-state index contributed by atoms with van der Waals surface area (Å²) in [5.74, 6) is -3.84. The summed E-state index contributed by atoms with van der Waals surface area (Å²) in [5.41, 5.74) is 0. The first-order valence-electron chi connectivity index (χ1n) is 4.43. The molecule has 5 heteroatoms. The Morgan fingerprint density at radius 2 is 1.85 bits per heavy atom. The minimum atomic E-state index is -2.74. The van der Waals surface area contributed by atoms with Crippen LogP contribution in [0.3, 0.4) is 0 Å². The van der Waals surface area contributed by atoms with Gasteiger partial charge in [0.25, 0.3) is 0 Å². The Kier molecular flexibility index (Phi) is 2.02. The fourth-order valence-electron chi connectivity index (χ4n) is 1.81. The first-order valence-corrected chi connectivity index (χ1v) is 4.43. The molecule has 0 spiro atoms. The Balaban J connectivity index is 2.10. The molecule has 1 saturated carbocycles. The van der Waals surface area contributed by atoms with E-state index in [4.69, 9.17) is 19.7 Å². The van der Waals surface area contributed by atoms with E-state index in [1.165, 1.54) is 0 Å². The van der Waals surface area contributed by atoms with Gasteiger partial charge in [0.1, 0.15) is 12.2 Å². The lowest BCUT2D eigenvalue weighted by Crippen LogP contribution is -2.56. The molecule has 0 radical (unpaired) electrons. The van der Waals surface area contributed by atoms with E-state index in [2.05, 4.69) is 0 Å². The number of fused-ring (bicyclic) bond motifs is 1. The Morgan fingerprint density at radius 3 is 2.54 bits per heavy atom. The monoisotopic (exact) mass is 188 g/mol. The fourth-order valence-corrected chi connectivity index (χ4v) is 1.81. The highest BCUT2D eigenvalue weighted by molar-refractivity contribution is 5.76. The van der Waals surface area contributed by atoms with Gasteiger partial charge in [0, 0.05) is 0 Å². The molecule has 2 atom stereocenters. The van der Waals surface area contributed by atoms with Gasteiger partial charge in [-0.15, -0.1) is 0 Å². The second kappa shape index (κ2) is 2.94. The van der Waals surface area contributed by atoms with Gasteiger partial charge in [-0.05, 0) is 19.3 Å². The van der Waals surface area contributed by atoms with Gasteiger partial charge in [0.05, 0.1) is 0 Å². The number of aliphatic hydroxyl groups is 2. The van der Waals surface area contributed by atoms with E-state index >= 15 is 0 Å². The summed E-state index contributed by atoms with van der Waals surface area (Å²) in [4.78, 5) is 10.9. The first kappa shape index (κ1) is 8.93. The summed E-state index contributed by atoms with van der Waals surface area (Å²) >= 11 is 0. The van der Waals surface area contributed by atoms with Crippen molar-refractivity contribution in [3.05, 3.63) is 0 Å². The van der Waals surface area contributed by atoms with Gasteiger partial charge in [0.2, 0.25) is 0 Å². The third-order valence-electron chi connectivity index (χ3n) is 2.48. The molecule has 2 rings (SSSR count). The normalized spacial score (nSPS) is 37.8. The average molecular weight is 188 g/mol. The maximum absolute atomic E-state index is 10.9. The van der Waals surface area contributed by atoms with Crippen LogP contribution in [0.2, 0.25) is 0 Å². The van der Waals surface area contributed by atoms with Gasteiger partial charge in [-0.25, -0.2) is 4.79 Å². The zero-order valence-corrected chi connectivity index (χ0v) is 7.10. The number of ether oxygens (including phenoxy) is 2. The molecule has 0 bridgehead atoms. The van der Waals surface area contributed by atoms with Crippen LogP contribution < -0.4 is 0 Å². The zero-order chi connectivity index (χ0) is 9.47. The van der Waals surface area contributed by atoms with Gasteiger partial charge in [-0.1, -0.05) is 6.42 Å². The minimum Gasteiger partial charge on any atom is -0.454 e. The van der Waals surface area contributed by atoms with Crippen LogP contribution in [0.25, 0.3) is 0 Å². The molecule has 1 heterocycles. The van der Waals surface area contributed by atoms with E-state index in [9.17, 15) is 4.79 Å². The number of hydrogen-bond donors (Lipinski definition) is 2. The van der Waals surface area contributed by atoms with Crippen molar-refractivity contribution in [2.75, 3.05) is 0 Å². The molecule has 1 saturated heterocycles. The predicted octanol–water partition coefficient (Wildman–Crippen LogP) is -0.491. The molecule has 0 unspecified atom stereocenters. The molecule has 0 aromatic heterocycles. The Labute approximate surface area is 75.3 Å². The quantitative estimate of drug-likeness (QED) is 0.396. The molecule has 74 valence electrons. The molecule has 2 fully saturated rings. The van der Waals surface area contributed by atoms with Gasteiger partial charge in [-0.3, -0.25) is 0 Å². The first-order chi connectivity index (χ1) is 6.09. The van der Waals surface area contributed by atoms with Gasteiger partial charge in [0.15, 0.2) is 0 Å². The van der Waals surface area contributed by atoms with Gasteiger partial charge in [-0.2, -0.15) is 0 Å². The molecule has 0 amide bonds. The van der Waals surface area contributed by atoms with Gasteiger partial charge < -0.3 is 19.7 Å². The second-order valence-corrected chi connectivity index (χ2v) is 3.49. The summed E-state index contributed by atoms with van der Waals surface area (Å²) in [7, 11) is 0. The lowest BCUT2D eigenvalue weighted by Gasteiger charge is -2.39. The Hall–Kier alpha value is -0.650. The number of esters is 1. The van der Waals surface area contributed by atoms with E-state index < -0.39 is 11.9 Å². The molecule has 2 N–H and O–H groups in total. The van der Waals surface area contributed by atoms with Crippen molar-refractivity contribution in [1.29, 1.82) is 0 Å². The van der Waals surface area contributed by atoms with Crippen LogP contribution in [0.15, 0.2) is 0 Å². The number of carbonyl (C=O) groups excluding carboxylic acids is 1. The molecule has 1 aliphatic heterocycles. The molecule has 13 heavy (non-hydrogen) atoms. The van der Waals surface area contributed by atoms with E-state index in [1.807, 2.05) is 0 Å². The second-order valence-electron chi connectivity index (χ2n) is 3.49. The third kappa shape index (κ3) is 1.54. The van der Waals surface area contributed by atoms with Crippen LogP contribution in [0, 0.1) is 0 Å². The average Bonchev–Trinajstić information content (AvgIpc) is 2.06. The molecular weight excluding hydrogens is 176 g/mol. The Morgan fingerprint density at radius 1 is 1.23 bits per heavy atom. The highest BCUT2D eigenvalue weighted by atomic mass is 16.8. The highest BCUT2D eigenvalue weighted by Crippen LogP contribution is 2.31. The van der Waals surface area contributed by atoms with E-state index in [1.54, 1.807) is 0 Å². The van der Waals surface area contributed by atoms with Crippen molar-refractivity contribution in [3.8, 4) is 0 Å². The van der Waals surface area contributed by atoms with Crippen molar-refractivity contribution in [3.63, 3.8) is 0 Å². The summed E-state index contributed by atoms with van der Waals surface area (Å²) < 4.78 is 9.67. The van der Waals surface area contributed by atoms with Crippen LogP contribution in [0.5, 0.6) is 0 Å². The SMILES string of the molecule is O=C1O[C@H]2CCCC[C@@H]2OC1(O)O. The smallest absolute Gasteiger partial charge is 0.398 e. The summed E-state index contributed by atoms with van der Waals surface area (Å²) in [6.07, 6.45) is 2.75. The van der Waals surface area contributed by atoms with Crippen molar-refractivity contribution in [2.24, 2.45) is 0 Å². The van der Waals surface area contributed by atoms with E-state index in [-0.39, 0.29) is 12.2 Å². The molecule has 0 aromatic rings. The Bertz CT molecular complexity index is 225. The molecular formula is C8H12O5. The van der Waals surface area contributed by atoms with Crippen LogP contribution >= 0.6 is 0 Å². The molecule has 5 nitrogen and oxygen atoms in total. The largest absolute Gasteiger partial charge is 0.454 e. The van der Waals surface area contributed by atoms with E-state index in [0.29, 0.717) is 6.42 Å². The van der Waals surface area contributed by atoms with Crippen molar-refractivity contribution < 1.29 is 24.5 Å². The number of carbonyl (C=O) groups is 1. The van der Waals surface area contributed by atoms with Crippen LogP contribution in [0.4, 0.5) is 0 Å².